The molecule has 0 radical (unpaired) electrons. The Hall–Kier alpha value is -3.61. The molecule has 2 aromatic carbocycles. The van der Waals surface area contributed by atoms with Gasteiger partial charge in [-0.15, -0.1) is 0 Å². The van der Waals surface area contributed by atoms with Crippen LogP contribution in [0.5, 0.6) is 0 Å². The molecule has 2 amide bonds. The normalized spacial score (nSPS) is 17.9. The van der Waals surface area contributed by atoms with Gasteiger partial charge in [0, 0.05) is 43.6 Å². The van der Waals surface area contributed by atoms with E-state index >= 15 is 0 Å². The Bertz CT molecular complexity index is 977. The van der Waals surface area contributed by atoms with Crippen LogP contribution in [0.25, 0.3) is 0 Å². The molecule has 2 aliphatic rings. The second-order valence-corrected chi connectivity index (χ2v) is 6.95. The van der Waals surface area contributed by atoms with Crippen LogP contribution in [0.1, 0.15) is 11.1 Å². The largest absolute Gasteiger partial charge is 0.402 e. The number of esters is 1. The summed E-state index contributed by atoms with van der Waals surface area (Å²) in [7, 11) is 0. The average molecular weight is 390 g/mol. The lowest BCUT2D eigenvalue weighted by molar-refractivity contribution is -0.130. The third-order valence-corrected chi connectivity index (χ3v) is 4.93. The maximum absolute atomic E-state index is 12.4. The van der Waals surface area contributed by atoms with E-state index in [-0.39, 0.29) is 11.7 Å². The Morgan fingerprint density at radius 3 is 2.45 bits per heavy atom. The number of nitrogens with one attached hydrogen (secondary N) is 1. The molecule has 0 atom stereocenters. The summed E-state index contributed by atoms with van der Waals surface area (Å²) < 4.78 is 5.35. The molecule has 29 heavy (non-hydrogen) atoms. The molecular weight excluding hydrogens is 368 g/mol. The number of ether oxygens (including phenoxy) is 1. The van der Waals surface area contributed by atoms with E-state index < -0.39 is 5.97 Å². The number of carbonyl (C=O) groups excluding carboxylic acids is 2. The fourth-order valence-electron chi connectivity index (χ4n) is 3.28. The molecule has 7 nitrogen and oxygen atoms in total. The topological polar surface area (TPSA) is 74.2 Å². The number of cyclic esters (lactones) is 1. The van der Waals surface area contributed by atoms with Gasteiger partial charge in [0.2, 0.25) is 5.90 Å². The van der Waals surface area contributed by atoms with Crippen LogP contribution in [0.15, 0.2) is 71.5 Å². The highest BCUT2D eigenvalue weighted by Crippen LogP contribution is 2.20. The summed E-state index contributed by atoms with van der Waals surface area (Å²) in [6.45, 7) is 4.31. The van der Waals surface area contributed by atoms with Crippen LogP contribution in [0.4, 0.5) is 10.5 Å². The van der Waals surface area contributed by atoms with Gasteiger partial charge in [0.15, 0.2) is 5.70 Å². The first kappa shape index (κ1) is 18.7. The van der Waals surface area contributed by atoms with Gasteiger partial charge in [-0.1, -0.05) is 36.4 Å². The van der Waals surface area contributed by atoms with Gasteiger partial charge in [-0.25, -0.2) is 14.6 Å². The number of hydrogen-bond acceptors (Lipinski definition) is 5. The summed E-state index contributed by atoms with van der Waals surface area (Å²) in [6, 6.07) is 16.9. The van der Waals surface area contributed by atoms with Crippen molar-refractivity contribution >= 4 is 23.6 Å². The van der Waals surface area contributed by atoms with Crippen LogP contribution >= 0.6 is 0 Å². The molecular formula is C22H22N4O3. The fourth-order valence-corrected chi connectivity index (χ4v) is 3.28. The summed E-state index contributed by atoms with van der Waals surface area (Å²) in [6.07, 6.45) is 1.72. The maximum Gasteiger partial charge on any atom is 0.365 e. The van der Waals surface area contributed by atoms with Gasteiger partial charge in [0.05, 0.1) is 0 Å². The summed E-state index contributed by atoms with van der Waals surface area (Å²) in [5, 5.41) is 2.89. The Balaban J connectivity index is 1.37. The van der Waals surface area contributed by atoms with E-state index in [0.29, 0.717) is 32.1 Å². The van der Waals surface area contributed by atoms with Crippen LogP contribution in [-0.2, 0) is 9.53 Å². The van der Waals surface area contributed by atoms with Crippen molar-refractivity contribution < 1.29 is 14.3 Å². The molecule has 7 heteroatoms. The first-order valence-corrected chi connectivity index (χ1v) is 9.54. The molecule has 1 N–H and O–H groups in total. The van der Waals surface area contributed by atoms with Crippen LogP contribution < -0.4 is 5.32 Å². The van der Waals surface area contributed by atoms with E-state index in [1.807, 2.05) is 66.4 Å². The summed E-state index contributed by atoms with van der Waals surface area (Å²) in [5.41, 5.74) is 2.87. The van der Waals surface area contributed by atoms with Crippen LogP contribution in [0.2, 0.25) is 0 Å². The lowest BCUT2D eigenvalue weighted by Crippen LogP contribution is -2.48. The van der Waals surface area contributed by atoms with Crippen molar-refractivity contribution in [3.05, 3.63) is 77.6 Å². The average Bonchev–Trinajstić information content (AvgIpc) is 3.09. The fraction of sp³-hybridized carbons (Fsp3) is 0.227. The number of aliphatic imine (C=N–C) groups is 1. The molecule has 0 aromatic heterocycles. The lowest BCUT2D eigenvalue weighted by atomic mass is 10.1. The lowest BCUT2D eigenvalue weighted by Gasteiger charge is -2.34. The van der Waals surface area contributed by atoms with Gasteiger partial charge in [-0.05, 0) is 30.7 Å². The summed E-state index contributed by atoms with van der Waals surface area (Å²) in [4.78, 5) is 32.7. The summed E-state index contributed by atoms with van der Waals surface area (Å²) in [5.74, 6) is -0.118. The maximum atomic E-state index is 12.4. The Labute approximate surface area is 169 Å². The molecule has 0 unspecified atom stereocenters. The van der Waals surface area contributed by atoms with Crippen molar-refractivity contribution in [3.8, 4) is 0 Å². The molecule has 0 aliphatic carbocycles. The van der Waals surface area contributed by atoms with Crippen molar-refractivity contribution in [2.45, 2.75) is 6.92 Å². The number of para-hydroxylation sites is 1. The highest BCUT2D eigenvalue weighted by molar-refractivity contribution is 6.11. The van der Waals surface area contributed by atoms with Crippen molar-refractivity contribution in [1.29, 1.82) is 0 Å². The van der Waals surface area contributed by atoms with Crippen LogP contribution in [0, 0.1) is 6.92 Å². The second kappa shape index (κ2) is 8.18. The van der Waals surface area contributed by atoms with Gasteiger partial charge < -0.3 is 19.9 Å². The third-order valence-electron chi connectivity index (χ3n) is 4.93. The van der Waals surface area contributed by atoms with Gasteiger partial charge in [0.25, 0.3) is 0 Å². The number of benzene rings is 2. The van der Waals surface area contributed by atoms with Crippen molar-refractivity contribution in [1.82, 2.24) is 9.80 Å². The van der Waals surface area contributed by atoms with E-state index in [1.165, 1.54) is 0 Å². The van der Waals surface area contributed by atoms with Gasteiger partial charge in [0.1, 0.15) is 0 Å². The standard InChI is InChI=1S/C22H22N4O3/c1-16-7-5-6-10-18(16)20-24-19(21(27)29-20)15-25-11-13-26(14-12-25)22(28)23-17-8-3-2-4-9-17/h2-10,15H,11-14H2,1H3,(H,23,28). The van der Waals surface area contributed by atoms with Gasteiger partial charge in [-0.3, -0.25) is 0 Å². The van der Waals surface area contributed by atoms with E-state index in [9.17, 15) is 9.59 Å². The number of rotatable bonds is 3. The number of urea groups is 1. The van der Waals surface area contributed by atoms with Crippen molar-refractivity contribution in [2.75, 3.05) is 31.5 Å². The van der Waals surface area contributed by atoms with Crippen molar-refractivity contribution in [2.24, 2.45) is 4.99 Å². The molecule has 1 fully saturated rings. The molecule has 2 aromatic rings. The molecule has 4 rings (SSSR count). The number of aryl methyl sites for hydroxylation is 1. The predicted molar refractivity (Wildman–Crippen MR) is 110 cm³/mol. The highest BCUT2D eigenvalue weighted by atomic mass is 16.6. The van der Waals surface area contributed by atoms with E-state index in [4.69, 9.17) is 4.74 Å². The van der Waals surface area contributed by atoms with Gasteiger partial charge >= 0.3 is 12.0 Å². The van der Waals surface area contributed by atoms with E-state index in [2.05, 4.69) is 10.3 Å². The number of carbonyl (C=O) groups is 2. The zero-order valence-electron chi connectivity index (χ0n) is 16.2. The molecule has 148 valence electrons. The van der Waals surface area contributed by atoms with Crippen LogP contribution in [0.3, 0.4) is 0 Å². The zero-order valence-corrected chi connectivity index (χ0v) is 16.2. The predicted octanol–water partition coefficient (Wildman–Crippen LogP) is 2.99. The van der Waals surface area contributed by atoms with Crippen molar-refractivity contribution in [3.63, 3.8) is 0 Å². The first-order valence-electron chi connectivity index (χ1n) is 9.54. The number of nitrogens with zero attached hydrogens (tertiary/aromatic N) is 3. The minimum absolute atomic E-state index is 0.122. The van der Waals surface area contributed by atoms with E-state index in [1.54, 1.807) is 11.1 Å². The Kier molecular flexibility index (Phi) is 5.29. The third kappa shape index (κ3) is 4.29. The van der Waals surface area contributed by atoms with E-state index in [0.717, 1.165) is 16.8 Å². The molecule has 0 bridgehead atoms. The zero-order chi connectivity index (χ0) is 20.2. The SMILES string of the molecule is Cc1ccccc1C1=NC(=CN2CCN(C(=O)Nc3ccccc3)CC2)C(=O)O1. The molecule has 2 aliphatic heterocycles. The minimum atomic E-state index is -0.451. The smallest absolute Gasteiger partial charge is 0.365 e. The Morgan fingerprint density at radius 2 is 1.72 bits per heavy atom. The molecule has 2 heterocycles. The quantitative estimate of drug-likeness (QED) is 0.646. The highest BCUT2D eigenvalue weighted by Gasteiger charge is 2.27. The molecule has 0 spiro atoms. The van der Waals surface area contributed by atoms with Crippen LogP contribution in [-0.4, -0.2) is 53.9 Å². The number of amides is 2. The number of anilines is 1. The summed E-state index contributed by atoms with van der Waals surface area (Å²) >= 11 is 0. The minimum Gasteiger partial charge on any atom is -0.402 e. The number of hydrogen-bond donors (Lipinski definition) is 1. The second-order valence-electron chi connectivity index (χ2n) is 6.95. The Morgan fingerprint density at radius 1 is 1.03 bits per heavy atom. The van der Waals surface area contributed by atoms with Gasteiger partial charge in [-0.2, -0.15) is 0 Å². The number of piperazine rings is 1. The monoisotopic (exact) mass is 390 g/mol. The molecule has 0 saturated carbocycles. The first-order chi connectivity index (χ1) is 14.1. The molecule has 1 saturated heterocycles.